The van der Waals surface area contributed by atoms with Crippen molar-refractivity contribution >= 4 is 33.3 Å². The van der Waals surface area contributed by atoms with Gasteiger partial charge in [-0.3, -0.25) is 14.4 Å². The average molecular weight is 415 g/mol. The van der Waals surface area contributed by atoms with Gasteiger partial charge in [-0.2, -0.15) is 0 Å². The fourth-order valence-corrected chi connectivity index (χ4v) is 4.35. The lowest BCUT2D eigenvalue weighted by Gasteiger charge is -2.33. The van der Waals surface area contributed by atoms with Crippen molar-refractivity contribution in [3.05, 3.63) is 57.6 Å². The second-order valence-corrected chi connectivity index (χ2v) is 8.32. The van der Waals surface area contributed by atoms with Crippen molar-refractivity contribution in [2.45, 2.75) is 30.5 Å². The molecule has 132 valence electrons. The number of carbonyl (C=O) groups excluding carboxylic acids is 3. The molecule has 1 unspecified atom stereocenters. The van der Waals surface area contributed by atoms with Crippen LogP contribution >= 0.6 is 15.9 Å². The van der Waals surface area contributed by atoms with Crippen molar-refractivity contribution in [3.8, 4) is 11.5 Å². The van der Waals surface area contributed by atoms with Gasteiger partial charge in [-0.1, -0.05) is 40.2 Å². The Bertz CT molecular complexity index is 1020. The van der Waals surface area contributed by atoms with Crippen molar-refractivity contribution in [1.82, 2.24) is 0 Å². The highest BCUT2D eigenvalue weighted by Crippen LogP contribution is 2.48. The van der Waals surface area contributed by atoms with Gasteiger partial charge in [-0.05, 0) is 26.2 Å². The van der Waals surface area contributed by atoms with Gasteiger partial charge in [0.2, 0.25) is 0 Å². The average Bonchev–Trinajstić information content (AvgIpc) is 2.62. The minimum absolute atomic E-state index is 0.0903. The number of hydrogen-bond acceptors (Lipinski definition) is 5. The lowest BCUT2D eigenvalue weighted by atomic mass is 9.75. The second kappa shape index (κ2) is 5.51. The number of phenols is 2. The Kier molecular flexibility index (Phi) is 3.60. The predicted molar refractivity (Wildman–Crippen MR) is 97.4 cm³/mol. The first-order valence-electron chi connectivity index (χ1n) is 8.24. The molecule has 0 aromatic heterocycles. The summed E-state index contributed by atoms with van der Waals surface area (Å²) in [6.07, 6.45) is 0.892. The summed E-state index contributed by atoms with van der Waals surface area (Å²) in [4.78, 5) is 37.8. The van der Waals surface area contributed by atoms with Gasteiger partial charge in [0.25, 0.3) is 0 Å². The van der Waals surface area contributed by atoms with Gasteiger partial charge in [0, 0.05) is 22.3 Å². The molecule has 0 heterocycles. The Morgan fingerprint density at radius 3 is 2.00 bits per heavy atom. The third-order valence-corrected chi connectivity index (χ3v) is 6.62. The molecule has 5 nitrogen and oxygen atoms in total. The van der Waals surface area contributed by atoms with Crippen LogP contribution in [0.5, 0.6) is 11.5 Å². The summed E-state index contributed by atoms with van der Waals surface area (Å²) in [5, 5.41) is 21.6. The molecule has 2 aromatic carbocycles. The molecule has 0 saturated carbocycles. The zero-order valence-corrected chi connectivity index (χ0v) is 15.5. The molecule has 0 fully saturated rings. The Hall–Kier alpha value is -2.47. The molecule has 2 aromatic rings. The van der Waals surface area contributed by atoms with Crippen LogP contribution in [0.15, 0.2) is 24.3 Å². The molecule has 0 amide bonds. The van der Waals surface area contributed by atoms with E-state index in [1.54, 1.807) is 12.1 Å². The minimum Gasteiger partial charge on any atom is -0.507 e. The number of hydrogen-bond donors (Lipinski definition) is 2. The van der Waals surface area contributed by atoms with Crippen LogP contribution in [0, 0.1) is 0 Å². The minimum atomic E-state index is -0.849. The number of Topliss-reactive ketones (excluding diaryl/α,β-unsaturated/α-hetero) is 1. The Labute approximate surface area is 157 Å². The van der Waals surface area contributed by atoms with E-state index in [4.69, 9.17) is 0 Å². The van der Waals surface area contributed by atoms with Gasteiger partial charge in [-0.15, -0.1) is 0 Å². The van der Waals surface area contributed by atoms with Crippen LogP contribution < -0.4 is 0 Å². The quantitative estimate of drug-likeness (QED) is 0.471. The van der Waals surface area contributed by atoms with E-state index < -0.39 is 15.9 Å². The monoisotopic (exact) mass is 414 g/mol. The zero-order chi connectivity index (χ0) is 18.8. The largest absolute Gasteiger partial charge is 0.507 e. The first-order chi connectivity index (χ1) is 12.3. The van der Waals surface area contributed by atoms with Gasteiger partial charge < -0.3 is 10.2 Å². The molecular formula is C20H15BrO5. The highest BCUT2D eigenvalue weighted by Gasteiger charge is 2.43. The summed E-state index contributed by atoms with van der Waals surface area (Å²) in [6, 6.07) is 6.35. The lowest BCUT2D eigenvalue weighted by Crippen LogP contribution is -2.37. The highest BCUT2D eigenvalue weighted by molar-refractivity contribution is 9.10. The third-order valence-electron chi connectivity index (χ3n) is 5.39. The molecule has 4 rings (SSSR count). The van der Waals surface area contributed by atoms with E-state index in [9.17, 15) is 24.6 Å². The molecule has 0 spiro atoms. The van der Waals surface area contributed by atoms with Crippen molar-refractivity contribution in [2.75, 3.05) is 0 Å². The van der Waals surface area contributed by atoms with E-state index in [1.165, 1.54) is 19.1 Å². The van der Waals surface area contributed by atoms with Gasteiger partial charge in [0.15, 0.2) is 11.6 Å². The number of benzene rings is 2. The van der Waals surface area contributed by atoms with Crippen LogP contribution in [-0.2, 0) is 17.6 Å². The van der Waals surface area contributed by atoms with Crippen LogP contribution in [0.3, 0.4) is 0 Å². The summed E-state index contributed by atoms with van der Waals surface area (Å²) in [5.41, 5.74) is 0.875. The molecule has 2 aliphatic carbocycles. The number of phenolic OH excluding ortho intramolecular Hbond substituents is 2. The first-order valence-corrected chi connectivity index (χ1v) is 9.03. The Morgan fingerprint density at radius 1 is 1.00 bits per heavy atom. The number of ketones is 3. The SMILES string of the molecule is CC(=O)C1(Br)CCc2c(O)c3c(c(O)c2C1)C(=O)c1ccccc1C3=O. The van der Waals surface area contributed by atoms with Gasteiger partial charge in [0.05, 0.1) is 15.5 Å². The van der Waals surface area contributed by atoms with E-state index in [2.05, 4.69) is 15.9 Å². The molecule has 0 radical (unpaired) electrons. The van der Waals surface area contributed by atoms with E-state index in [1.807, 2.05) is 0 Å². The van der Waals surface area contributed by atoms with E-state index in [-0.39, 0.29) is 46.0 Å². The number of halogens is 1. The van der Waals surface area contributed by atoms with Crippen molar-refractivity contribution < 1.29 is 24.6 Å². The summed E-state index contributed by atoms with van der Waals surface area (Å²) in [6.45, 7) is 1.46. The Morgan fingerprint density at radius 2 is 1.50 bits per heavy atom. The number of fused-ring (bicyclic) bond motifs is 3. The van der Waals surface area contributed by atoms with E-state index in [0.717, 1.165) is 0 Å². The molecule has 0 bridgehead atoms. The van der Waals surface area contributed by atoms with E-state index >= 15 is 0 Å². The number of alkyl halides is 1. The standard InChI is InChI=1S/C20H15BrO5/c1-9(22)20(21)7-6-12-13(8-20)19(26)15-14(18(12)25)16(23)10-4-2-3-5-11(10)17(15)24/h2-5,25-26H,6-8H2,1H3. The maximum absolute atomic E-state index is 12.9. The molecular weight excluding hydrogens is 400 g/mol. The smallest absolute Gasteiger partial charge is 0.198 e. The fourth-order valence-electron chi connectivity index (χ4n) is 3.87. The predicted octanol–water partition coefficient (Wildman–Crippen LogP) is 3.08. The number of rotatable bonds is 1. The summed E-state index contributed by atoms with van der Waals surface area (Å²) < 4.78 is -0.849. The van der Waals surface area contributed by atoms with Crippen LogP contribution in [0.4, 0.5) is 0 Å². The van der Waals surface area contributed by atoms with Crippen molar-refractivity contribution in [3.63, 3.8) is 0 Å². The Balaban J connectivity index is 2.00. The van der Waals surface area contributed by atoms with Crippen LogP contribution in [0.25, 0.3) is 0 Å². The maximum atomic E-state index is 12.9. The van der Waals surface area contributed by atoms with E-state index in [0.29, 0.717) is 24.0 Å². The zero-order valence-electron chi connectivity index (χ0n) is 13.9. The summed E-state index contributed by atoms with van der Waals surface area (Å²) in [7, 11) is 0. The molecule has 1 atom stereocenters. The summed E-state index contributed by atoms with van der Waals surface area (Å²) in [5.74, 6) is -1.65. The number of carbonyl (C=O) groups is 3. The normalized spacial score (nSPS) is 21.0. The van der Waals surface area contributed by atoms with Gasteiger partial charge >= 0.3 is 0 Å². The first kappa shape index (κ1) is 17.0. The topological polar surface area (TPSA) is 91.7 Å². The van der Waals surface area contributed by atoms with Crippen LogP contribution in [0.1, 0.15) is 56.3 Å². The van der Waals surface area contributed by atoms with Crippen molar-refractivity contribution in [1.29, 1.82) is 0 Å². The fraction of sp³-hybridized carbons (Fsp3) is 0.250. The molecule has 0 saturated heterocycles. The van der Waals surface area contributed by atoms with Crippen molar-refractivity contribution in [2.24, 2.45) is 0 Å². The van der Waals surface area contributed by atoms with Gasteiger partial charge in [0.1, 0.15) is 17.3 Å². The molecule has 26 heavy (non-hydrogen) atoms. The second-order valence-electron chi connectivity index (χ2n) is 6.81. The highest BCUT2D eigenvalue weighted by atomic mass is 79.9. The molecule has 0 aliphatic heterocycles. The number of aromatic hydroxyl groups is 2. The summed E-state index contributed by atoms with van der Waals surface area (Å²) >= 11 is 3.44. The van der Waals surface area contributed by atoms with Crippen LogP contribution in [0.2, 0.25) is 0 Å². The molecule has 6 heteroatoms. The third kappa shape index (κ3) is 2.11. The maximum Gasteiger partial charge on any atom is 0.198 e. The molecule has 2 aliphatic rings. The lowest BCUT2D eigenvalue weighted by molar-refractivity contribution is -0.119. The molecule has 2 N–H and O–H groups in total. The van der Waals surface area contributed by atoms with Crippen LogP contribution in [-0.4, -0.2) is 31.9 Å². The van der Waals surface area contributed by atoms with Gasteiger partial charge in [-0.25, -0.2) is 0 Å².